The van der Waals surface area contributed by atoms with Gasteiger partial charge in [-0.3, -0.25) is 4.90 Å². The van der Waals surface area contributed by atoms with Crippen molar-refractivity contribution in [2.45, 2.75) is 39.3 Å². The van der Waals surface area contributed by atoms with Gasteiger partial charge >= 0.3 is 0 Å². The molecule has 1 aliphatic heterocycles. The molecule has 1 aromatic carbocycles. The van der Waals surface area contributed by atoms with E-state index in [-0.39, 0.29) is 18.4 Å². The molecule has 2 aromatic heterocycles. The van der Waals surface area contributed by atoms with Gasteiger partial charge in [-0.25, -0.2) is 4.68 Å². The van der Waals surface area contributed by atoms with Crippen molar-refractivity contribution in [3.05, 3.63) is 58.8 Å². The van der Waals surface area contributed by atoms with Crippen LogP contribution >= 0.6 is 24.0 Å². The third kappa shape index (κ3) is 4.96. The van der Waals surface area contributed by atoms with Gasteiger partial charge in [0, 0.05) is 36.9 Å². The molecule has 0 aliphatic carbocycles. The smallest absolute Gasteiger partial charge is 0.168 e. The van der Waals surface area contributed by atoms with Crippen molar-refractivity contribution in [3.63, 3.8) is 0 Å². The molecule has 0 saturated carbocycles. The normalized spacial score (nSPS) is 15.8. The Morgan fingerprint density at radius 2 is 1.97 bits per heavy atom. The lowest BCUT2D eigenvalue weighted by Crippen LogP contribution is -2.48. The van der Waals surface area contributed by atoms with Crippen LogP contribution in [0.15, 0.2) is 41.0 Å². The molecule has 162 valence electrons. The van der Waals surface area contributed by atoms with E-state index in [9.17, 15) is 0 Å². The highest BCUT2D eigenvalue weighted by molar-refractivity contribution is 6.30. The SMILES string of the molecule is CCCC(c1nnnn1Cc1ccco1)N1CCN(c2cc(Cl)ccc2C)CC1.Cl. The number of aryl methyl sites for hydroxylation is 1. The number of hydrogen-bond acceptors (Lipinski definition) is 6. The van der Waals surface area contributed by atoms with Crippen LogP contribution in [0.5, 0.6) is 0 Å². The fourth-order valence-corrected chi connectivity index (χ4v) is 4.23. The summed E-state index contributed by atoms with van der Waals surface area (Å²) in [6.45, 7) is 8.74. The van der Waals surface area contributed by atoms with Gasteiger partial charge in [0.15, 0.2) is 5.82 Å². The Morgan fingerprint density at radius 1 is 1.17 bits per heavy atom. The number of rotatable bonds is 7. The number of hydrogen-bond donors (Lipinski definition) is 0. The summed E-state index contributed by atoms with van der Waals surface area (Å²) in [7, 11) is 0. The number of benzene rings is 1. The van der Waals surface area contributed by atoms with Crippen LogP contribution in [0.1, 0.15) is 43.0 Å². The van der Waals surface area contributed by atoms with Crippen molar-refractivity contribution in [2.24, 2.45) is 0 Å². The zero-order valence-corrected chi connectivity index (χ0v) is 18.9. The molecule has 30 heavy (non-hydrogen) atoms. The van der Waals surface area contributed by atoms with Crippen LogP contribution < -0.4 is 4.90 Å². The van der Waals surface area contributed by atoms with E-state index < -0.39 is 0 Å². The van der Waals surface area contributed by atoms with Crippen LogP contribution in [-0.2, 0) is 6.54 Å². The molecule has 0 bridgehead atoms. The average Bonchev–Trinajstić information content (AvgIpc) is 3.41. The van der Waals surface area contributed by atoms with Crippen LogP contribution in [0.25, 0.3) is 0 Å². The number of aromatic nitrogens is 4. The van der Waals surface area contributed by atoms with E-state index in [1.54, 1.807) is 6.26 Å². The number of tetrazole rings is 1. The number of nitrogens with zero attached hydrogens (tertiary/aromatic N) is 6. The molecule has 3 aromatic rings. The maximum Gasteiger partial charge on any atom is 0.168 e. The maximum absolute atomic E-state index is 6.23. The van der Waals surface area contributed by atoms with Gasteiger partial charge in [-0.05, 0) is 53.6 Å². The fraction of sp³-hybridized carbons (Fsp3) is 0.476. The van der Waals surface area contributed by atoms with Crippen molar-refractivity contribution < 1.29 is 4.42 Å². The van der Waals surface area contributed by atoms with Gasteiger partial charge in [0.2, 0.25) is 0 Å². The Morgan fingerprint density at radius 3 is 2.67 bits per heavy atom. The first-order valence-electron chi connectivity index (χ1n) is 10.2. The lowest BCUT2D eigenvalue weighted by Gasteiger charge is -2.40. The first-order valence-corrected chi connectivity index (χ1v) is 10.6. The molecule has 0 N–H and O–H groups in total. The third-order valence-electron chi connectivity index (χ3n) is 5.57. The second-order valence-electron chi connectivity index (χ2n) is 7.53. The van der Waals surface area contributed by atoms with Gasteiger partial charge in [-0.15, -0.1) is 17.5 Å². The van der Waals surface area contributed by atoms with Gasteiger partial charge in [0.25, 0.3) is 0 Å². The van der Waals surface area contributed by atoms with E-state index in [0.29, 0.717) is 6.54 Å². The molecule has 1 atom stereocenters. The first kappa shape index (κ1) is 22.6. The molecule has 4 rings (SSSR count). The Kier molecular flexibility index (Phi) is 7.75. The largest absolute Gasteiger partial charge is 0.467 e. The molecule has 7 nitrogen and oxygen atoms in total. The van der Waals surface area contributed by atoms with Crippen LogP contribution in [-0.4, -0.2) is 51.3 Å². The Balaban J connectivity index is 0.00000256. The lowest BCUT2D eigenvalue weighted by atomic mass is 10.1. The highest BCUT2D eigenvalue weighted by Gasteiger charge is 2.29. The molecule has 3 heterocycles. The summed E-state index contributed by atoms with van der Waals surface area (Å²) < 4.78 is 7.35. The summed E-state index contributed by atoms with van der Waals surface area (Å²) in [4.78, 5) is 4.93. The molecule has 1 unspecified atom stereocenters. The second-order valence-corrected chi connectivity index (χ2v) is 7.97. The van der Waals surface area contributed by atoms with Gasteiger partial charge in [-0.1, -0.05) is 31.0 Å². The van der Waals surface area contributed by atoms with Crippen molar-refractivity contribution in [3.8, 4) is 0 Å². The van der Waals surface area contributed by atoms with Crippen molar-refractivity contribution in [1.82, 2.24) is 25.1 Å². The summed E-state index contributed by atoms with van der Waals surface area (Å²) in [5.74, 6) is 1.77. The van der Waals surface area contributed by atoms with Gasteiger partial charge < -0.3 is 9.32 Å². The summed E-state index contributed by atoms with van der Waals surface area (Å²) in [6, 6.07) is 10.2. The standard InChI is InChI=1S/C21H27ClN6O.ClH/c1-3-5-19(21-23-24-25-28(21)15-18-6-4-13-29-18)26-9-11-27(12-10-26)20-14-17(22)8-7-16(20)2;/h4,6-8,13-14,19H,3,5,9-12,15H2,1-2H3;1H. The van der Waals surface area contributed by atoms with Crippen molar-refractivity contribution >= 4 is 29.7 Å². The van der Waals surface area contributed by atoms with Crippen LogP contribution in [0.3, 0.4) is 0 Å². The maximum atomic E-state index is 6.23. The molecule has 9 heteroatoms. The summed E-state index contributed by atoms with van der Waals surface area (Å²) in [6.07, 6.45) is 3.78. The van der Waals surface area contributed by atoms with E-state index in [1.165, 1.54) is 11.3 Å². The van der Waals surface area contributed by atoms with Crippen LogP contribution in [0.2, 0.25) is 5.02 Å². The predicted molar refractivity (Wildman–Crippen MR) is 120 cm³/mol. The molecule has 0 amide bonds. The number of anilines is 1. The zero-order chi connectivity index (χ0) is 20.2. The number of halogens is 2. The minimum Gasteiger partial charge on any atom is -0.467 e. The number of furan rings is 1. The Labute approximate surface area is 188 Å². The van der Waals surface area contributed by atoms with Crippen molar-refractivity contribution in [1.29, 1.82) is 0 Å². The third-order valence-corrected chi connectivity index (χ3v) is 5.81. The first-order chi connectivity index (χ1) is 14.2. The molecular weight excluding hydrogens is 423 g/mol. The number of piperazine rings is 1. The van der Waals surface area contributed by atoms with E-state index in [0.717, 1.165) is 55.6 Å². The predicted octanol–water partition coefficient (Wildman–Crippen LogP) is 4.36. The topological polar surface area (TPSA) is 63.2 Å². The Hall–Kier alpha value is -2.09. The minimum absolute atomic E-state index is 0. The Bertz CT molecular complexity index is 921. The zero-order valence-electron chi connectivity index (χ0n) is 17.4. The van der Waals surface area contributed by atoms with E-state index in [2.05, 4.69) is 51.3 Å². The molecule has 0 radical (unpaired) electrons. The summed E-state index contributed by atoms with van der Waals surface area (Å²) >= 11 is 6.23. The van der Waals surface area contributed by atoms with E-state index in [1.807, 2.05) is 22.9 Å². The monoisotopic (exact) mass is 450 g/mol. The van der Waals surface area contributed by atoms with Crippen LogP contribution in [0, 0.1) is 6.92 Å². The summed E-state index contributed by atoms with van der Waals surface area (Å²) in [5, 5.41) is 13.3. The average molecular weight is 451 g/mol. The lowest BCUT2D eigenvalue weighted by molar-refractivity contribution is 0.164. The quantitative estimate of drug-likeness (QED) is 0.532. The molecule has 1 fully saturated rings. The van der Waals surface area contributed by atoms with Gasteiger partial charge in [0.1, 0.15) is 12.3 Å². The second kappa shape index (κ2) is 10.3. The highest BCUT2D eigenvalue weighted by atomic mass is 35.5. The van der Waals surface area contributed by atoms with Crippen LogP contribution in [0.4, 0.5) is 5.69 Å². The van der Waals surface area contributed by atoms with E-state index >= 15 is 0 Å². The van der Waals surface area contributed by atoms with Crippen molar-refractivity contribution in [2.75, 3.05) is 31.1 Å². The molecule has 1 aliphatic rings. The highest BCUT2D eigenvalue weighted by Crippen LogP contribution is 2.29. The van der Waals surface area contributed by atoms with Gasteiger partial charge in [-0.2, -0.15) is 0 Å². The minimum atomic E-state index is 0. The molecular formula is C21H28Cl2N6O. The fourth-order valence-electron chi connectivity index (χ4n) is 4.06. The van der Waals surface area contributed by atoms with E-state index in [4.69, 9.17) is 16.0 Å². The van der Waals surface area contributed by atoms with Gasteiger partial charge in [0.05, 0.1) is 12.3 Å². The molecule has 1 saturated heterocycles. The summed E-state index contributed by atoms with van der Waals surface area (Å²) in [5.41, 5.74) is 2.49. The molecule has 0 spiro atoms.